The van der Waals surface area contributed by atoms with Crippen LogP contribution < -0.4 is 22.9 Å². The van der Waals surface area contributed by atoms with E-state index in [-0.39, 0.29) is 19.0 Å². The summed E-state index contributed by atoms with van der Waals surface area (Å²) in [5.74, 6) is -3.81. The predicted octanol–water partition coefficient (Wildman–Crippen LogP) is -2.47. The van der Waals surface area contributed by atoms with Gasteiger partial charge in [0.1, 0.15) is 12.1 Å². The van der Waals surface area contributed by atoms with Crippen molar-refractivity contribution in [3.63, 3.8) is 0 Å². The summed E-state index contributed by atoms with van der Waals surface area (Å²) in [6.07, 6.45) is 0. The molecule has 12 nitrogen and oxygen atoms in total. The summed E-state index contributed by atoms with van der Waals surface area (Å²) < 4.78 is 0. The first kappa shape index (κ1) is 29.7. The van der Waals surface area contributed by atoms with E-state index in [4.69, 9.17) is 31.9 Å². The van der Waals surface area contributed by atoms with Crippen LogP contribution in [0.15, 0.2) is 0 Å². The first-order valence-corrected chi connectivity index (χ1v) is 6.54. The summed E-state index contributed by atoms with van der Waals surface area (Å²) in [6, 6.07) is -1.44. The van der Waals surface area contributed by atoms with E-state index in [9.17, 15) is 19.2 Å². The highest BCUT2D eigenvalue weighted by Crippen LogP contribution is 1.96. The molecule has 2 atom stereocenters. The highest BCUT2D eigenvalue weighted by atomic mass is 16.4. The minimum Gasteiger partial charge on any atom is -0.480 e. The SMILES string of the molecule is CC(C)[C@H](N)C(=O)O.C[C@H](N)C(=O)O.NCC(=O)O.NCC(=O)O. The largest absolute Gasteiger partial charge is 0.480 e. The molecule has 12 N–H and O–H groups in total. The Labute approximate surface area is 139 Å². The van der Waals surface area contributed by atoms with Crippen molar-refractivity contribution in [2.75, 3.05) is 13.1 Å². The Hall–Kier alpha value is -2.28. The van der Waals surface area contributed by atoms with Crippen molar-refractivity contribution in [3.8, 4) is 0 Å². The molecular formula is C12H28N4O8. The smallest absolute Gasteiger partial charge is 0.320 e. The van der Waals surface area contributed by atoms with Gasteiger partial charge in [0, 0.05) is 0 Å². The van der Waals surface area contributed by atoms with Gasteiger partial charge in [0.05, 0.1) is 13.1 Å². The number of carbonyl (C=O) groups is 4. The van der Waals surface area contributed by atoms with E-state index in [0.29, 0.717) is 0 Å². The van der Waals surface area contributed by atoms with E-state index in [1.807, 2.05) is 0 Å². The number of carboxylic acids is 4. The highest BCUT2D eigenvalue weighted by molar-refractivity contribution is 5.73. The van der Waals surface area contributed by atoms with Gasteiger partial charge in [0.25, 0.3) is 0 Å². The van der Waals surface area contributed by atoms with Crippen LogP contribution in [0.2, 0.25) is 0 Å². The number of aliphatic carboxylic acids is 4. The minimum absolute atomic E-state index is 0.0208. The van der Waals surface area contributed by atoms with Gasteiger partial charge in [-0.3, -0.25) is 19.2 Å². The topological polar surface area (TPSA) is 253 Å². The molecule has 0 spiro atoms. The maximum absolute atomic E-state index is 10.0. The number of rotatable bonds is 5. The molecule has 144 valence electrons. The van der Waals surface area contributed by atoms with Crippen LogP contribution in [-0.4, -0.2) is 69.5 Å². The van der Waals surface area contributed by atoms with Crippen molar-refractivity contribution in [2.24, 2.45) is 28.9 Å². The minimum atomic E-state index is -0.968. The van der Waals surface area contributed by atoms with E-state index in [0.717, 1.165) is 0 Å². The monoisotopic (exact) mass is 356 g/mol. The molecule has 0 aliphatic heterocycles. The molecule has 0 radical (unpaired) electrons. The molecule has 0 aromatic rings. The van der Waals surface area contributed by atoms with Crippen molar-refractivity contribution < 1.29 is 39.6 Å². The first-order chi connectivity index (χ1) is 10.7. The Balaban J connectivity index is -0.000000114. The molecule has 0 aliphatic carbocycles. The standard InChI is InChI=1S/C5H11NO2.C3H7NO2.2C2H5NO2/c1-3(2)4(6)5(7)8;1-2(4)3(5)6;2*3-1-2(4)5/h3-4H,6H2,1-2H3,(H,7,8);2H,4H2,1H3,(H,5,6);2*1,3H2,(H,4,5)/t4-;2-;;/m00../s1. The second kappa shape index (κ2) is 18.8. The van der Waals surface area contributed by atoms with Gasteiger partial charge >= 0.3 is 23.9 Å². The maximum atomic E-state index is 10.0. The van der Waals surface area contributed by atoms with Gasteiger partial charge in [0.2, 0.25) is 0 Å². The van der Waals surface area contributed by atoms with Gasteiger partial charge in [-0.25, -0.2) is 0 Å². The van der Waals surface area contributed by atoms with Gasteiger partial charge < -0.3 is 43.4 Å². The van der Waals surface area contributed by atoms with Crippen LogP contribution in [0, 0.1) is 5.92 Å². The zero-order valence-electron chi connectivity index (χ0n) is 13.9. The first-order valence-electron chi connectivity index (χ1n) is 6.54. The fourth-order valence-electron chi connectivity index (χ4n) is 0.285. The summed E-state index contributed by atoms with van der Waals surface area (Å²) in [4.78, 5) is 38.1. The summed E-state index contributed by atoms with van der Waals surface area (Å²) in [5.41, 5.74) is 19.1. The van der Waals surface area contributed by atoms with Crippen LogP contribution in [0.1, 0.15) is 20.8 Å². The average molecular weight is 356 g/mol. The summed E-state index contributed by atoms with van der Waals surface area (Å²) in [6.45, 7) is 4.42. The molecule has 0 unspecified atom stereocenters. The van der Waals surface area contributed by atoms with Crippen LogP contribution in [0.5, 0.6) is 0 Å². The Morgan fingerprint density at radius 3 is 0.958 bits per heavy atom. The third kappa shape index (κ3) is 36.7. The summed E-state index contributed by atoms with van der Waals surface area (Å²) in [5, 5.41) is 31.3. The zero-order valence-corrected chi connectivity index (χ0v) is 13.9. The second-order valence-electron chi connectivity index (χ2n) is 4.43. The lowest BCUT2D eigenvalue weighted by molar-refractivity contribution is -0.140. The van der Waals surface area contributed by atoms with Gasteiger partial charge in [-0.05, 0) is 12.8 Å². The fraction of sp³-hybridized carbons (Fsp3) is 0.667. The Kier molecular flexibility index (Phi) is 23.2. The second-order valence-corrected chi connectivity index (χ2v) is 4.43. The lowest BCUT2D eigenvalue weighted by atomic mass is 10.1. The Morgan fingerprint density at radius 2 is 0.958 bits per heavy atom. The third-order valence-corrected chi connectivity index (χ3v) is 1.74. The van der Waals surface area contributed by atoms with Crippen LogP contribution in [0.4, 0.5) is 0 Å². The molecule has 0 saturated heterocycles. The Bertz CT molecular complexity index is 360. The van der Waals surface area contributed by atoms with E-state index in [1.165, 1.54) is 6.92 Å². The van der Waals surface area contributed by atoms with Gasteiger partial charge in [0.15, 0.2) is 0 Å². The van der Waals surface area contributed by atoms with E-state index in [1.54, 1.807) is 13.8 Å². The van der Waals surface area contributed by atoms with E-state index < -0.39 is 36.0 Å². The van der Waals surface area contributed by atoms with Gasteiger partial charge in [-0.2, -0.15) is 0 Å². The highest BCUT2D eigenvalue weighted by Gasteiger charge is 2.14. The molecule has 12 heteroatoms. The quantitative estimate of drug-likeness (QED) is 0.255. The average Bonchev–Trinajstić information content (AvgIpc) is 2.47. The zero-order chi connectivity index (χ0) is 20.5. The van der Waals surface area contributed by atoms with Crippen molar-refractivity contribution in [1.82, 2.24) is 0 Å². The van der Waals surface area contributed by atoms with Crippen molar-refractivity contribution in [1.29, 1.82) is 0 Å². The van der Waals surface area contributed by atoms with Gasteiger partial charge in [-0.15, -0.1) is 0 Å². The van der Waals surface area contributed by atoms with Crippen molar-refractivity contribution >= 4 is 23.9 Å². The molecule has 0 bridgehead atoms. The number of hydrogen-bond acceptors (Lipinski definition) is 8. The van der Waals surface area contributed by atoms with Crippen LogP contribution in [0.25, 0.3) is 0 Å². The Morgan fingerprint density at radius 1 is 0.750 bits per heavy atom. The molecule has 0 aromatic carbocycles. The van der Waals surface area contributed by atoms with Crippen LogP contribution in [0.3, 0.4) is 0 Å². The molecule has 0 rings (SSSR count). The third-order valence-electron chi connectivity index (χ3n) is 1.74. The summed E-state index contributed by atoms with van der Waals surface area (Å²) in [7, 11) is 0. The maximum Gasteiger partial charge on any atom is 0.320 e. The lowest BCUT2D eigenvalue weighted by Crippen LogP contribution is -2.34. The molecule has 0 saturated carbocycles. The molecule has 0 amide bonds. The van der Waals surface area contributed by atoms with E-state index in [2.05, 4.69) is 11.5 Å². The molecular weight excluding hydrogens is 328 g/mol. The summed E-state index contributed by atoms with van der Waals surface area (Å²) >= 11 is 0. The molecule has 0 heterocycles. The number of hydrogen-bond donors (Lipinski definition) is 8. The number of nitrogens with two attached hydrogens (primary N) is 4. The van der Waals surface area contributed by atoms with Crippen LogP contribution >= 0.6 is 0 Å². The van der Waals surface area contributed by atoms with Crippen molar-refractivity contribution in [2.45, 2.75) is 32.9 Å². The van der Waals surface area contributed by atoms with Crippen LogP contribution in [-0.2, 0) is 19.2 Å². The number of carboxylic acid groups (broad SMARTS) is 4. The van der Waals surface area contributed by atoms with Crippen molar-refractivity contribution in [3.05, 3.63) is 0 Å². The molecule has 0 fully saturated rings. The normalized spacial score (nSPS) is 11.2. The van der Waals surface area contributed by atoms with Gasteiger partial charge in [-0.1, -0.05) is 13.8 Å². The predicted molar refractivity (Wildman–Crippen MR) is 85.1 cm³/mol. The van der Waals surface area contributed by atoms with E-state index >= 15 is 0 Å². The molecule has 24 heavy (non-hydrogen) atoms. The fourth-order valence-corrected chi connectivity index (χ4v) is 0.285. The lowest BCUT2D eigenvalue weighted by Gasteiger charge is -2.07. The molecule has 0 aliphatic rings. The molecule has 0 aromatic heterocycles.